The number of fused-ring (bicyclic) bond motifs is 1. The highest BCUT2D eigenvalue weighted by atomic mass is 16.6. The fourth-order valence-corrected chi connectivity index (χ4v) is 7.50. The highest BCUT2D eigenvalue weighted by Crippen LogP contribution is 2.47. The second kappa shape index (κ2) is 13.7. The first kappa shape index (κ1) is 33.4. The largest absolute Gasteiger partial charge is 0.473 e. The summed E-state index contributed by atoms with van der Waals surface area (Å²) in [4.78, 5) is 19.3. The molecule has 0 radical (unpaired) electrons. The molecule has 9 nitrogen and oxygen atoms in total. The zero-order chi connectivity index (χ0) is 34.9. The second-order valence-corrected chi connectivity index (χ2v) is 15.0. The SMILES string of the molecule is C[C@H]1CC2(CC[C@H]1Nc1cccc3c(-c4ccc(OCc5ccccc5)nc4OCc4ccccc4)nn(C)c13)CN(C(=O)OC(C)(C)C)C2. The Morgan fingerprint density at radius 3 is 2.24 bits per heavy atom. The maximum atomic E-state index is 12.6. The first-order valence-corrected chi connectivity index (χ1v) is 17.6. The number of benzene rings is 3. The minimum atomic E-state index is -0.477. The van der Waals surface area contributed by atoms with Gasteiger partial charge in [-0.15, -0.1) is 0 Å². The van der Waals surface area contributed by atoms with Crippen molar-refractivity contribution in [2.24, 2.45) is 18.4 Å². The van der Waals surface area contributed by atoms with Gasteiger partial charge in [0.2, 0.25) is 11.8 Å². The van der Waals surface area contributed by atoms with Crippen LogP contribution in [0.3, 0.4) is 0 Å². The smallest absolute Gasteiger partial charge is 0.410 e. The molecule has 1 aliphatic carbocycles. The van der Waals surface area contributed by atoms with Crippen molar-refractivity contribution in [3.8, 4) is 23.0 Å². The molecule has 3 aromatic carbocycles. The molecule has 50 heavy (non-hydrogen) atoms. The van der Waals surface area contributed by atoms with E-state index in [1.807, 2.05) is 110 Å². The number of nitrogens with zero attached hydrogens (tertiary/aromatic N) is 4. The molecule has 7 rings (SSSR count). The average Bonchev–Trinajstić information content (AvgIpc) is 3.43. The van der Waals surface area contributed by atoms with Crippen LogP contribution in [0.5, 0.6) is 11.8 Å². The lowest BCUT2D eigenvalue weighted by molar-refractivity contribution is -0.0580. The first-order valence-electron chi connectivity index (χ1n) is 17.6. The fraction of sp³-hybridized carbons (Fsp3) is 0.390. The van der Waals surface area contributed by atoms with Crippen LogP contribution in [0, 0.1) is 11.3 Å². The molecule has 1 saturated heterocycles. The van der Waals surface area contributed by atoms with Gasteiger partial charge in [-0.25, -0.2) is 4.79 Å². The van der Waals surface area contributed by atoms with Crippen molar-refractivity contribution in [2.45, 2.75) is 71.8 Å². The summed E-state index contributed by atoms with van der Waals surface area (Å²) in [5, 5.41) is 9.96. The number of amides is 1. The Kier molecular flexibility index (Phi) is 9.16. The highest BCUT2D eigenvalue weighted by Gasteiger charge is 2.50. The minimum absolute atomic E-state index is 0.181. The predicted molar refractivity (Wildman–Crippen MR) is 196 cm³/mol. The van der Waals surface area contributed by atoms with Crippen LogP contribution in [0.1, 0.15) is 58.1 Å². The van der Waals surface area contributed by atoms with E-state index in [9.17, 15) is 4.79 Å². The summed E-state index contributed by atoms with van der Waals surface area (Å²) in [6, 6.07) is 30.7. The van der Waals surface area contributed by atoms with Gasteiger partial charge in [0.1, 0.15) is 24.5 Å². The van der Waals surface area contributed by atoms with Crippen molar-refractivity contribution in [2.75, 3.05) is 18.4 Å². The zero-order valence-corrected chi connectivity index (χ0v) is 29.7. The van der Waals surface area contributed by atoms with E-state index in [0.29, 0.717) is 36.9 Å². The van der Waals surface area contributed by atoms with Gasteiger partial charge in [0.25, 0.3) is 0 Å². The van der Waals surface area contributed by atoms with Gasteiger partial charge in [0.15, 0.2) is 0 Å². The Morgan fingerprint density at radius 1 is 0.900 bits per heavy atom. The Morgan fingerprint density at radius 2 is 1.58 bits per heavy atom. The summed E-state index contributed by atoms with van der Waals surface area (Å²) in [5.74, 6) is 1.41. The quantitative estimate of drug-likeness (QED) is 0.168. The number of pyridine rings is 1. The van der Waals surface area contributed by atoms with Crippen LogP contribution in [-0.2, 0) is 25.0 Å². The van der Waals surface area contributed by atoms with Crippen LogP contribution in [0.15, 0.2) is 91.0 Å². The van der Waals surface area contributed by atoms with Crippen molar-refractivity contribution >= 4 is 22.7 Å². The summed E-state index contributed by atoms with van der Waals surface area (Å²) >= 11 is 0. The lowest BCUT2D eigenvalue weighted by Crippen LogP contribution is -2.62. The van der Waals surface area contributed by atoms with Gasteiger partial charge in [-0.05, 0) is 69.2 Å². The molecule has 260 valence electrons. The van der Waals surface area contributed by atoms with Crippen molar-refractivity contribution in [1.29, 1.82) is 0 Å². The number of aromatic nitrogens is 3. The van der Waals surface area contributed by atoms with E-state index in [0.717, 1.165) is 71.3 Å². The number of aryl methyl sites for hydroxylation is 1. The standard InChI is InChI=1S/C41H47N5O4/c1-28-23-41(26-46(27-41)39(47)50-40(2,3)4)22-21-33(28)42-34-18-12-17-31-36(44-45(5)37(31)34)32-19-20-35(48-24-29-13-8-6-9-14-29)43-38(32)49-25-30-15-10-7-11-16-30/h6-20,28,33,42H,21-27H2,1-5H3/t28-,33+/m0/s1. The molecule has 2 fully saturated rings. The Labute approximate surface area is 294 Å². The van der Waals surface area contributed by atoms with Crippen molar-refractivity contribution in [3.63, 3.8) is 0 Å². The molecule has 2 atom stereocenters. The lowest BCUT2D eigenvalue weighted by atomic mass is 9.64. The van der Waals surface area contributed by atoms with Crippen LogP contribution >= 0.6 is 0 Å². The number of hydrogen-bond acceptors (Lipinski definition) is 7. The summed E-state index contributed by atoms with van der Waals surface area (Å²) in [5.41, 5.74) is 5.54. The monoisotopic (exact) mass is 673 g/mol. The molecule has 1 spiro atoms. The van der Waals surface area contributed by atoms with Crippen LogP contribution < -0.4 is 14.8 Å². The summed E-state index contributed by atoms with van der Waals surface area (Å²) in [7, 11) is 1.99. The third-order valence-electron chi connectivity index (χ3n) is 9.88. The van der Waals surface area contributed by atoms with E-state index in [1.54, 1.807) is 0 Å². The summed E-state index contributed by atoms with van der Waals surface area (Å²) < 4.78 is 20.0. The molecule has 2 aliphatic rings. The van der Waals surface area contributed by atoms with E-state index in [2.05, 4.69) is 30.4 Å². The maximum Gasteiger partial charge on any atom is 0.410 e. The van der Waals surface area contributed by atoms with Gasteiger partial charge in [-0.3, -0.25) is 4.68 Å². The molecule has 1 N–H and O–H groups in total. The number of rotatable bonds is 9. The van der Waals surface area contributed by atoms with Crippen LogP contribution in [0.4, 0.5) is 10.5 Å². The molecule has 1 saturated carbocycles. The molecule has 0 bridgehead atoms. The normalized spacial score (nSPS) is 18.5. The van der Waals surface area contributed by atoms with Crippen LogP contribution in [0.25, 0.3) is 22.2 Å². The average molecular weight is 674 g/mol. The number of nitrogens with one attached hydrogen (secondary N) is 1. The zero-order valence-electron chi connectivity index (χ0n) is 29.7. The number of anilines is 1. The van der Waals surface area contributed by atoms with Crippen LogP contribution in [0.2, 0.25) is 0 Å². The van der Waals surface area contributed by atoms with Crippen molar-refractivity contribution in [3.05, 3.63) is 102 Å². The minimum Gasteiger partial charge on any atom is -0.473 e. The van der Waals surface area contributed by atoms with Gasteiger partial charge < -0.3 is 24.4 Å². The maximum absolute atomic E-state index is 12.6. The summed E-state index contributed by atoms with van der Waals surface area (Å²) in [6.07, 6.45) is 2.99. The van der Waals surface area contributed by atoms with E-state index < -0.39 is 5.60 Å². The van der Waals surface area contributed by atoms with E-state index >= 15 is 0 Å². The fourth-order valence-electron chi connectivity index (χ4n) is 7.50. The third kappa shape index (κ3) is 7.27. The molecule has 0 unspecified atom stereocenters. The highest BCUT2D eigenvalue weighted by molar-refractivity contribution is 6.00. The predicted octanol–water partition coefficient (Wildman–Crippen LogP) is 8.63. The van der Waals surface area contributed by atoms with Gasteiger partial charge in [-0.2, -0.15) is 10.1 Å². The molecule has 3 heterocycles. The Bertz CT molecular complexity index is 1950. The van der Waals surface area contributed by atoms with Crippen molar-refractivity contribution < 1.29 is 19.0 Å². The number of ether oxygens (including phenoxy) is 3. The second-order valence-electron chi connectivity index (χ2n) is 15.0. The van der Waals surface area contributed by atoms with Gasteiger partial charge in [0, 0.05) is 43.0 Å². The molecule has 9 heteroatoms. The molecule has 1 aliphatic heterocycles. The molecule has 1 amide bonds. The first-order chi connectivity index (χ1) is 24.1. The molecule has 2 aromatic heterocycles. The van der Waals surface area contributed by atoms with E-state index in [-0.39, 0.29) is 11.5 Å². The molecular formula is C41H47N5O4. The van der Waals surface area contributed by atoms with Crippen molar-refractivity contribution in [1.82, 2.24) is 19.7 Å². The lowest BCUT2D eigenvalue weighted by Gasteiger charge is -2.55. The van der Waals surface area contributed by atoms with Gasteiger partial charge in [-0.1, -0.05) is 79.7 Å². The topological polar surface area (TPSA) is 90.7 Å². The van der Waals surface area contributed by atoms with Crippen LogP contribution in [-0.4, -0.2) is 50.5 Å². The van der Waals surface area contributed by atoms with Gasteiger partial charge in [0.05, 0.1) is 16.8 Å². The summed E-state index contributed by atoms with van der Waals surface area (Å²) in [6.45, 7) is 10.4. The Hall–Kier alpha value is -5.05. The third-order valence-corrected chi connectivity index (χ3v) is 9.88. The van der Waals surface area contributed by atoms with E-state index in [4.69, 9.17) is 24.3 Å². The number of carbonyl (C=O) groups excluding carboxylic acids is 1. The number of carbonyl (C=O) groups is 1. The molecular weight excluding hydrogens is 626 g/mol. The Balaban J connectivity index is 1.10. The van der Waals surface area contributed by atoms with E-state index in [1.165, 1.54) is 0 Å². The number of likely N-dealkylation sites (tertiary alicyclic amines) is 1. The number of para-hydroxylation sites is 1. The molecule has 5 aromatic rings. The van der Waals surface area contributed by atoms with Gasteiger partial charge >= 0.3 is 6.09 Å². The number of hydrogen-bond donors (Lipinski definition) is 1.